The van der Waals surface area contributed by atoms with Crippen LogP contribution in [-0.4, -0.2) is 34.0 Å². The molecule has 3 N–H and O–H groups in total. The average molecular weight is 228 g/mol. The summed E-state index contributed by atoms with van der Waals surface area (Å²) >= 11 is 0. The van der Waals surface area contributed by atoms with Crippen molar-refractivity contribution >= 4 is 0 Å². The van der Waals surface area contributed by atoms with E-state index < -0.39 is 23.9 Å². The number of rotatable bonds is 2. The number of ether oxygens (including phenoxy) is 1. The van der Waals surface area contributed by atoms with E-state index in [-0.39, 0.29) is 18.7 Å². The number of hydrogen-bond acceptors (Lipinski definition) is 5. The van der Waals surface area contributed by atoms with Gasteiger partial charge in [0.25, 0.3) is 5.69 Å². The van der Waals surface area contributed by atoms with Crippen LogP contribution in [0.2, 0.25) is 0 Å². The molecule has 1 fully saturated rings. The molecule has 0 unspecified atom stereocenters. The lowest BCUT2D eigenvalue weighted by atomic mass is 10.1. The second kappa shape index (κ2) is 4.20. The molecular formula is C9H12N2O5. The first kappa shape index (κ1) is 11.1. The molecule has 1 aromatic rings. The first-order chi connectivity index (χ1) is 7.63. The summed E-state index contributed by atoms with van der Waals surface area (Å²) in [5, 5.41) is 29.8. The lowest BCUT2D eigenvalue weighted by Crippen LogP contribution is -2.40. The van der Waals surface area contributed by atoms with Gasteiger partial charge < -0.3 is 25.1 Å². The van der Waals surface area contributed by atoms with Crippen molar-refractivity contribution in [3.8, 4) is 0 Å². The van der Waals surface area contributed by atoms with Gasteiger partial charge in [0.05, 0.1) is 18.9 Å². The molecule has 0 bridgehead atoms. The van der Waals surface area contributed by atoms with E-state index in [9.17, 15) is 15.1 Å². The van der Waals surface area contributed by atoms with Gasteiger partial charge in [-0.05, 0) is 0 Å². The molecule has 0 spiro atoms. The zero-order chi connectivity index (χ0) is 11.7. The minimum Gasteiger partial charge on any atom is -0.618 e. The predicted molar refractivity (Wildman–Crippen MR) is 51.3 cm³/mol. The standard InChI is InChI=1S/C9H12N2O5/c12-4-7-5(13)3-6(16-7)8-9(14)10-1-2-11(8)15/h1-2,5-7,12-13H,3-4H2,(H,10,14)/t5-,6+,7+/m0/s1. The monoisotopic (exact) mass is 228 g/mol. The number of aromatic amines is 1. The molecule has 0 saturated carbocycles. The van der Waals surface area contributed by atoms with Crippen molar-refractivity contribution in [1.82, 2.24) is 4.98 Å². The van der Waals surface area contributed by atoms with E-state index in [1.807, 2.05) is 0 Å². The molecule has 1 saturated heterocycles. The maximum absolute atomic E-state index is 11.4. The molecule has 16 heavy (non-hydrogen) atoms. The summed E-state index contributed by atoms with van der Waals surface area (Å²) in [6, 6.07) is 0. The summed E-state index contributed by atoms with van der Waals surface area (Å²) in [6.07, 6.45) is 0.112. The Balaban J connectivity index is 2.30. The van der Waals surface area contributed by atoms with Gasteiger partial charge in [0.2, 0.25) is 0 Å². The normalized spacial score (nSPS) is 29.5. The van der Waals surface area contributed by atoms with Crippen LogP contribution in [0.3, 0.4) is 0 Å². The SMILES string of the molecule is O=c1[nH]cc[n+]([O-])c1[C@H]1C[C@H](O)[C@@H](CO)O1. The van der Waals surface area contributed by atoms with Crippen LogP contribution in [-0.2, 0) is 4.74 Å². The van der Waals surface area contributed by atoms with Gasteiger partial charge in [-0.1, -0.05) is 0 Å². The predicted octanol–water partition coefficient (Wildman–Crippen LogP) is -1.81. The number of H-pyrrole nitrogens is 1. The van der Waals surface area contributed by atoms with E-state index in [4.69, 9.17) is 9.84 Å². The van der Waals surface area contributed by atoms with Gasteiger partial charge in [-0.25, -0.2) is 0 Å². The lowest BCUT2D eigenvalue weighted by molar-refractivity contribution is -0.620. The molecule has 2 heterocycles. The molecule has 1 aliphatic rings. The van der Waals surface area contributed by atoms with Crippen LogP contribution >= 0.6 is 0 Å². The minimum absolute atomic E-state index is 0.0995. The first-order valence-corrected chi connectivity index (χ1v) is 4.88. The molecule has 1 aromatic heterocycles. The smallest absolute Gasteiger partial charge is 0.319 e. The Bertz CT molecular complexity index is 432. The van der Waals surface area contributed by atoms with Crippen LogP contribution in [0, 0.1) is 5.21 Å². The third kappa shape index (κ3) is 1.80. The maximum Gasteiger partial charge on any atom is 0.319 e. The van der Waals surface area contributed by atoms with Gasteiger partial charge in [0, 0.05) is 6.42 Å². The lowest BCUT2D eigenvalue weighted by Gasteiger charge is -2.10. The molecule has 0 amide bonds. The fraction of sp³-hybridized carbons (Fsp3) is 0.556. The summed E-state index contributed by atoms with van der Waals surface area (Å²) in [4.78, 5) is 13.8. The Morgan fingerprint density at radius 2 is 2.44 bits per heavy atom. The molecule has 1 aliphatic heterocycles. The molecule has 3 atom stereocenters. The Morgan fingerprint density at radius 3 is 3.00 bits per heavy atom. The van der Waals surface area contributed by atoms with Crippen molar-refractivity contribution in [3.63, 3.8) is 0 Å². The van der Waals surface area contributed by atoms with Crippen LogP contribution in [0.15, 0.2) is 17.2 Å². The zero-order valence-corrected chi connectivity index (χ0v) is 8.37. The maximum atomic E-state index is 11.4. The third-order valence-corrected chi connectivity index (χ3v) is 2.60. The van der Waals surface area contributed by atoms with Crippen molar-refractivity contribution in [2.75, 3.05) is 6.61 Å². The largest absolute Gasteiger partial charge is 0.618 e. The van der Waals surface area contributed by atoms with Crippen molar-refractivity contribution < 1.29 is 19.7 Å². The molecule has 7 heteroatoms. The highest BCUT2D eigenvalue weighted by atomic mass is 16.5. The van der Waals surface area contributed by atoms with E-state index in [2.05, 4.69) is 4.98 Å². The number of aliphatic hydroxyl groups is 2. The zero-order valence-electron chi connectivity index (χ0n) is 8.37. The number of aromatic nitrogens is 2. The number of hydrogen-bond donors (Lipinski definition) is 3. The van der Waals surface area contributed by atoms with Crippen molar-refractivity contribution in [2.24, 2.45) is 0 Å². The van der Waals surface area contributed by atoms with Crippen LogP contribution in [0.25, 0.3) is 0 Å². The quantitative estimate of drug-likeness (QED) is 0.408. The topological polar surface area (TPSA) is 109 Å². The highest BCUT2D eigenvalue weighted by Crippen LogP contribution is 2.29. The van der Waals surface area contributed by atoms with E-state index in [1.165, 1.54) is 6.20 Å². The molecule has 0 radical (unpaired) electrons. The molecule has 0 aliphatic carbocycles. The van der Waals surface area contributed by atoms with Gasteiger partial charge in [-0.15, -0.1) is 0 Å². The van der Waals surface area contributed by atoms with Crippen molar-refractivity contribution in [3.05, 3.63) is 33.6 Å². The molecule has 0 aromatic carbocycles. The van der Waals surface area contributed by atoms with Crippen molar-refractivity contribution in [2.45, 2.75) is 24.7 Å². The molecule has 2 rings (SSSR count). The number of nitrogens with one attached hydrogen (secondary N) is 1. The highest BCUT2D eigenvalue weighted by molar-refractivity contribution is 4.99. The fourth-order valence-corrected chi connectivity index (χ4v) is 1.79. The Hall–Kier alpha value is -1.44. The second-order valence-electron chi connectivity index (χ2n) is 3.65. The molecular weight excluding hydrogens is 216 g/mol. The Morgan fingerprint density at radius 1 is 1.69 bits per heavy atom. The van der Waals surface area contributed by atoms with Crippen LogP contribution in [0.1, 0.15) is 18.2 Å². The van der Waals surface area contributed by atoms with E-state index in [0.29, 0.717) is 4.73 Å². The third-order valence-electron chi connectivity index (χ3n) is 2.60. The van der Waals surface area contributed by atoms with Gasteiger partial charge in [0.1, 0.15) is 6.10 Å². The van der Waals surface area contributed by atoms with Gasteiger partial charge >= 0.3 is 5.56 Å². The molecule has 88 valence electrons. The summed E-state index contributed by atoms with van der Waals surface area (Å²) in [6.45, 7) is -0.346. The first-order valence-electron chi connectivity index (χ1n) is 4.88. The fourth-order valence-electron chi connectivity index (χ4n) is 1.79. The summed E-state index contributed by atoms with van der Waals surface area (Å²) < 4.78 is 5.64. The van der Waals surface area contributed by atoms with Crippen LogP contribution in [0.5, 0.6) is 0 Å². The van der Waals surface area contributed by atoms with E-state index in [0.717, 1.165) is 6.20 Å². The van der Waals surface area contributed by atoms with Crippen LogP contribution < -0.4 is 10.3 Å². The van der Waals surface area contributed by atoms with Gasteiger partial charge in [-0.2, -0.15) is 4.73 Å². The average Bonchev–Trinajstić information content (AvgIpc) is 2.59. The minimum atomic E-state index is -0.866. The molecule has 7 nitrogen and oxygen atoms in total. The van der Waals surface area contributed by atoms with Crippen LogP contribution in [0.4, 0.5) is 0 Å². The number of nitrogens with zero attached hydrogens (tertiary/aromatic N) is 1. The Labute approximate surface area is 90.5 Å². The highest BCUT2D eigenvalue weighted by Gasteiger charge is 2.39. The van der Waals surface area contributed by atoms with E-state index >= 15 is 0 Å². The summed E-state index contributed by atoms with van der Waals surface area (Å²) in [5.74, 6) is 0. The van der Waals surface area contributed by atoms with E-state index in [1.54, 1.807) is 0 Å². The number of aliphatic hydroxyl groups excluding tert-OH is 2. The second-order valence-corrected chi connectivity index (χ2v) is 3.65. The van der Waals surface area contributed by atoms with Gasteiger partial charge in [-0.3, -0.25) is 4.79 Å². The Kier molecular flexibility index (Phi) is 2.90. The van der Waals surface area contributed by atoms with Gasteiger partial charge in [0.15, 0.2) is 12.3 Å². The summed E-state index contributed by atoms with van der Waals surface area (Å²) in [5.41, 5.74) is -0.647. The van der Waals surface area contributed by atoms with Crippen molar-refractivity contribution in [1.29, 1.82) is 0 Å². The summed E-state index contributed by atoms with van der Waals surface area (Å²) in [7, 11) is 0.